The average Bonchev–Trinajstić information content (AvgIpc) is 2.58. The topological polar surface area (TPSA) is 96.9 Å². The minimum atomic E-state index is -0.536. The number of anilines is 1. The molecular formula is C17H23N3O4. The number of benzene rings is 1. The van der Waals surface area contributed by atoms with E-state index >= 15 is 0 Å². The average molecular weight is 333 g/mol. The molecule has 7 heteroatoms. The molecule has 1 rings (SSSR count). The molecule has 0 aliphatic carbocycles. The lowest BCUT2D eigenvalue weighted by Gasteiger charge is -2.10. The van der Waals surface area contributed by atoms with Gasteiger partial charge in [0.05, 0.1) is 12.5 Å². The Bertz CT molecular complexity index is 599. The van der Waals surface area contributed by atoms with Crippen LogP contribution in [0.2, 0.25) is 0 Å². The van der Waals surface area contributed by atoms with Crippen molar-refractivity contribution < 1.29 is 19.1 Å². The number of nitrogens with zero attached hydrogens (tertiary/aromatic N) is 1. The molecule has 1 atom stereocenters. The fourth-order valence-electron chi connectivity index (χ4n) is 1.71. The van der Waals surface area contributed by atoms with Crippen molar-refractivity contribution in [2.75, 3.05) is 11.9 Å². The second-order valence-electron chi connectivity index (χ2n) is 5.18. The molecule has 2 N–H and O–H groups in total. The van der Waals surface area contributed by atoms with Gasteiger partial charge in [0.1, 0.15) is 0 Å². The number of ether oxygens (including phenoxy) is 1. The van der Waals surface area contributed by atoms with Crippen LogP contribution in [0.25, 0.3) is 0 Å². The minimum Gasteiger partial charge on any atom is -0.465 e. The predicted octanol–water partition coefficient (Wildman–Crippen LogP) is 2.10. The third kappa shape index (κ3) is 7.04. The lowest BCUT2D eigenvalue weighted by atomic mass is 10.1. The zero-order chi connectivity index (χ0) is 17.9. The normalized spacial score (nSPS) is 12.2. The maximum atomic E-state index is 11.7. The highest BCUT2D eigenvalue weighted by Crippen LogP contribution is 2.06. The van der Waals surface area contributed by atoms with E-state index < -0.39 is 17.8 Å². The van der Waals surface area contributed by atoms with Gasteiger partial charge in [-0.05, 0) is 32.9 Å². The van der Waals surface area contributed by atoms with Crippen LogP contribution in [0.1, 0.15) is 33.6 Å². The first-order chi connectivity index (χ1) is 11.4. The summed E-state index contributed by atoms with van der Waals surface area (Å²) in [5.74, 6) is -1.58. The number of carbonyl (C=O) groups is 3. The highest BCUT2D eigenvalue weighted by atomic mass is 16.5. The van der Waals surface area contributed by atoms with Gasteiger partial charge in [0.2, 0.25) is 11.8 Å². The van der Waals surface area contributed by atoms with Crippen LogP contribution in [0, 0.1) is 5.92 Å². The summed E-state index contributed by atoms with van der Waals surface area (Å²) in [6.07, 6.45) is 0.0476. The molecule has 130 valence electrons. The van der Waals surface area contributed by atoms with E-state index in [0.29, 0.717) is 18.0 Å². The highest BCUT2D eigenvalue weighted by Gasteiger charge is 2.17. The lowest BCUT2D eigenvalue weighted by molar-refractivity contribution is -0.145. The third-order valence-electron chi connectivity index (χ3n) is 3.26. The van der Waals surface area contributed by atoms with Gasteiger partial charge < -0.3 is 10.1 Å². The van der Waals surface area contributed by atoms with Crippen LogP contribution in [-0.4, -0.2) is 30.1 Å². The van der Waals surface area contributed by atoms with Crippen LogP contribution in [0.15, 0.2) is 35.4 Å². The number of amides is 2. The molecule has 0 radical (unpaired) electrons. The van der Waals surface area contributed by atoms with Gasteiger partial charge in [-0.2, -0.15) is 5.10 Å². The largest absolute Gasteiger partial charge is 0.465 e. The first kappa shape index (κ1) is 19.3. The molecule has 1 aromatic carbocycles. The summed E-state index contributed by atoms with van der Waals surface area (Å²) >= 11 is 0. The highest BCUT2D eigenvalue weighted by molar-refractivity contribution is 6.01. The van der Waals surface area contributed by atoms with E-state index in [1.165, 1.54) is 0 Å². The molecule has 7 nitrogen and oxygen atoms in total. The van der Waals surface area contributed by atoms with E-state index in [9.17, 15) is 14.4 Å². The van der Waals surface area contributed by atoms with Crippen molar-refractivity contribution in [1.29, 1.82) is 0 Å². The fraction of sp³-hybridized carbons (Fsp3) is 0.412. The monoisotopic (exact) mass is 333 g/mol. The zero-order valence-corrected chi connectivity index (χ0v) is 14.2. The van der Waals surface area contributed by atoms with Crippen LogP contribution in [0.3, 0.4) is 0 Å². The Morgan fingerprint density at radius 1 is 1.12 bits per heavy atom. The molecule has 0 saturated carbocycles. The van der Waals surface area contributed by atoms with Crippen LogP contribution in [-0.2, 0) is 19.1 Å². The summed E-state index contributed by atoms with van der Waals surface area (Å²) in [5.41, 5.74) is 3.46. The Hall–Kier alpha value is -2.70. The molecule has 0 aliphatic rings. The number of rotatable bonds is 8. The maximum absolute atomic E-state index is 11.7. The van der Waals surface area contributed by atoms with Gasteiger partial charge in [0.25, 0.3) is 0 Å². The van der Waals surface area contributed by atoms with Gasteiger partial charge in [0, 0.05) is 24.2 Å². The van der Waals surface area contributed by atoms with Crippen LogP contribution < -0.4 is 10.7 Å². The van der Waals surface area contributed by atoms with Gasteiger partial charge in [-0.3, -0.25) is 14.4 Å². The van der Waals surface area contributed by atoms with E-state index in [4.69, 9.17) is 4.74 Å². The number of esters is 1. The predicted molar refractivity (Wildman–Crippen MR) is 91.4 cm³/mol. The maximum Gasteiger partial charge on any atom is 0.314 e. The number of hydrazone groups is 1. The molecule has 0 heterocycles. The lowest BCUT2D eigenvalue weighted by Crippen LogP contribution is -2.26. The first-order valence-electron chi connectivity index (χ1n) is 7.78. The van der Waals surface area contributed by atoms with Crippen molar-refractivity contribution in [3.05, 3.63) is 30.3 Å². The van der Waals surface area contributed by atoms with E-state index in [-0.39, 0.29) is 18.7 Å². The van der Waals surface area contributed by atoms with Gasteiger partial charge in [-0.25, -0.2) is 5.43 Å². The second kappa shape index (κ2) is 10.1. The van der Waals surface area contributed by atoms with Gasteiger partial charge in [0.15, 0.2) is 0 Å². The van der Waals surface area contributed by atoms with Crippen LogP contribution >= 0.6 is 0 Å². The number of nitrogens with one attached hydrogen (secondary N) is 2. The Morgan fingerprint density at radius 2 is 1.75 bits per heavy atom. The van der Waals surface area contributed by atoms with E-state index in [0.717, 1.165) is 0 Å². The van der Waals surface area contributed by atoms with Gasteiger partial charge >= 0.3 is 5.97 Å². The van der Waals surface area contributed by atoms with E-state index in [2.05, 4.69) is 15.8 Å². The van der Waals surface area contributed by atoms with E-state index in [1.807, 2.05) is 18.2 Å². The molecule has 2 amide bonds. The fourth-order valence-corrected chi connectivity index (χ4v) is 1.71. The molecule has 0 aliphatic heterocycles. The van der Waals surface area contributed by atoms with Crippen molar-refractivity contribution in [1.82, 2.24) is 5.43 Å². The molecular weight excluding hydrogens is 310 g/mol. The van der Waals surface area contributed by atoms with Crippen molar-refractivity contribution in [3.63, 3.8) is 0 Å². The molecule has 0 fully saturated rings. The smallest absolute Gasteiger partial charge is 0.314 e. The Morgan fingerprint density at radius 3 is 2.38 bits per heavy atom. The Balaban J connectivity index is 2.36. The third-order valence-corrected chi connectivity index (χ3v) is 3.26. The van der Waals surface area contributed by atoms with E-state index in [1.54, 1.807) is 32.9 Å². The number of carbonyl (C=O) groups excluding carboxylic acids is 3. The molecule has 0 aromatic heterocycles. The summed E-state index contributed by atoms with van der Waals surface area (Å²) < 4.78 is 4.88. The van der Waals surface area contributed by atoms with Crippen molar-refractivity contribution in [2.24, 2.45) is 11.0 Å². The molecule has 1 unspecified atom stereocenters. The molecule has 24 heavy (non-hydrogen) atoms. The second-order valence-corrected chi connectivity index (χ2v) is 5.18. The Kier molecular flexibility index (Phi) is 8.18. The summed E-state index contributed by atoms with van der Waals surface area (Å²) in [4.78, 5) is 35.0. The number of hydrogen-bond acceptors (Lipinski definition) is 5. The summed E-state index contributed by atoms with van der Waals surface area (Å²) in [6.45, 7) is 5.29. The zero-order valence-electron chi connectivity index (χ0n) is 14.2. The van der Waals surface area contributed by atoms with Crippen LogP contribution in [0.5, 0.6) is 0 Å². The molecule has 1 aromatic rings. The quantitative estimate of drug-likeness (QED) is 0.432. The molecule has 0 spiro atoms. The number of hydrogen-bond donors (Lipinski definition) is 2. The van der Waals surface area contributed by atoms with Crippen molar-refractivity contribution in [2.45, 2.75) is 33.6 Å². The Labute approximate surface area is 141 Å². The standard InChI is InChI=1S/C17H23N3O4/c1-4-24-17(23)12(2)13(3)19-20-16(22)11-10-15(21)18-14-8-6-5-7-9-14/h5-9,12H,4,10-11H2,1-3H3,(H,18,21)(H,20,22)/b19-13+. The molecule has 0 bridgehead atoms. The van der Waals surface area contributed by atoms with Crippen molar-refractivity contribution in [3.8, 4) is 0 Å². The van der Waals surface area contributed by atoms with Gasteiger partial charge in [-0.1, -0.05) is 18.2 Å². The first-order valence-corrected chi connectivity index (χ1v) is 7.78. The van der Waals surface area contributed by atoms with Crippen molar-refractivity contribution >= 4 is 29.2 Å². The minimum absolute atomic E-state index is 0.00321. The summed E-state index contributed by atoms with van der Waals surface area (Å²) in [5, 5.41) is 6.57. The summed E-state index contributed by atoms with van der Waals surface area (Å²) in [7, 11) is 0. The summed E-state index contributed by atoms with van der Waals surface area (Å²) in [6, 6.07) is 9.00. The molecule has 0 saturated heterocycles. The van der Waals surface area contributed by atoms with Gasteiger partial charge in [-0.15, -0.1) is 0 Å². The number of para-hydroxylation sites is 1. The van der Waals surface area contributed by atoms with Crippen LogP contribution in [0.4, 0.5) is 5.69 Å². The SMILES string of the molecule is CCOC(=O)C(C)/C(C)=N/NC(=O)CCC(=O)Nc1ccccc1.